The van der Waals surface area contributed by atoms with Gasteiger partial charge < -0.3 is 15.2 Å². The molecule has 0 bridgehead atoms. The number of ether oxygens (including phenoxy) is 2. The van der Waals surface area contributed by atoms with E-state index in [1.807, 2.05) is 19.1 Å². The molecule has 0 fully saturated rings. The quantitative estimate of drug-likeness (QED) is 0.944. The van der Waals surface area contributed by atoms with Gasteiger partial charge in [0.25, 0.3) is 0 Å². The Kier molecular flexibility index (Phi) is 5.23. The number of aromatic nitrogens is 1. The van der Waals surface area contributed by atoms with Crippen LogP contribution < -0.4 is 15.2 Å². The third kappa shape index (κ3) is 3.03. The number of halogens is 2. The van der Waals surface area contributed by atoms with Gasteiger partial charge in [-0.1, -0.05) is 11.6 Å². The lowest BCUT2D eigenvalue weighted by molar-refractivity contribution is 0.391. The Bertz CT molecular complexity index is 588. The summed E-state index contributed by atoms with van der Waals surface area (Å²) in [6.45, 7) is 1.89. The number of nitrogens with zero attached hydrogens (tertiary/aromatic N) is 1. The van der Waals surface area contributed by atoms with E-state index in [9.17, 15) is 0 Å². The Morgan fingerprint density at radius 3 is 2.42 bits per heavy atom. The molecule has 0 amide bonds. The van der Waals surface area contributed by atoms with Gasteiger partial charge >= 0.3 is 0 Å². The summed E-state index contributed by atoms with van der Waals surface area (Å²) < 4.78 is 10.4. The van der Waals surface area contributed by atoms with Crippen molar-refractivity contribution in [2.75, 3.05) is 14.2 Å². The maximum atomic E-state index is 6.09. The molecule has 1 aromatic carbocycles. The fourth-order valence-electron chi connectivity index (χ4n) is 1.82. The predicted molar refractivity (Wildman–Crippen MR) is 79.7 cm³/mol. The number of fused-ring (bicyclic) bond motifs is 1. The van der Waals surface area contributed by atoms with Gasteiger partial charge in [0.2, 0.25) is 5.88 Å². The average molecular weight is 303 g/mol. The second-order valence-corrected chi connectivity index (χ2v) is 4.46. The number of pyridine rings is 1. The van der Waals surface area contributed by atoms with Crippen LogP contribution in [-0.2, 0) is 0 Å². The topological polar surface area (TPSA) is 57.4 Å². The van der Waals surface area contributed by atoms with Crippen LogP contribution in [0.1, 0.15) is 18.5 Å². The first kappa shape index (κ1) is 15.8. The van der Waals surface area contributed by atoms with Crippen molar-refractivity contribution in [3.05, 3.63) is 28.8 Å². The van der Waals surface area contributed by atoms with Gasteiger partial charge in [0, 0.05) is 23.1 Å². The van der Waals surface area contributed by atoms with Crippen LogP contribution in [-0.4, -0.2) is 19.2 Å². The molecular formula is C13H16Cl2N2O2. The van der Waals surface area contributed by atoms with Crippen LogP contribution >= 0.6 is 24.0 Å². The fourth-order valence-corrected chi connectivity index (χ4v) is 2.07. The highest BCUT2D eigenvalue weighted by atomic mass is 35.5. The molecule has 6 heteroatoms. The van der Waals surface area contributed by atoms with Crippen LogP contribution in [0.4, 0.5) is 0 Å². The van der Waals surface area contributed by atoms with Gasteiger partial charge in [-0.3, -0.25) is 0 Å². The number of rotatable bonds is 3. The molecule has 0 radical (unpaired) electrons. The molecule has 0 unspecified atom stereocenters. The van der Waals surface area contributed by atoms with Gasteiger partial charge in [0.15, 0.2) is 0 Å². The Morgan fingerprint density at radius 2 is 1.89 bits per heavy atom. The smallest absolute Gasteiger partial charge is 0.218 e. The van der Waals surface area contributed by atoms with Crippen molar-refractivity contribution >= 4 is 34.9 Å². The Labute approximate surface area is 123 Å². The summed E-state index contributed by atoms with van der Waals surface area (Å²) in [5.74, 6) is 1.12. The lowest BCUT2D eigenvalue weighted by Gasteiger charge is -2.13. The first-order valence-corrected chi connectivity index (χ1v) is 5.92. The molecule has 0 saturated carbocycles. The summed E-state index contributed by atoms with van der Waals surface area (Å²) in [6.07, 6.45) is 0. The molecule has 4 nitrogen and oxygen atoms in total. The Morgan fingerprint density at radius 1 is 1.21 bits per heavy atom. The van der Waals surface area contributed by atoms with Gasteiger partial charge in [0.1, 0.15) is 5.75 Å². The maximum Gasteiger partial charge on any atom is 0.218 e. The molecule has 2 N–H and O–H groups in total. The van der Waals surface area contributed by atoms with Crippen molar-refractivity contribution in [3.8, 4) is 11.6 Å². The van der Waals surface area contributed by atoms with E-state index in [1.54, 1.807) is 20.3 Å². The second kappa shape index (κ2) is 6.28. The summed E-state index contributed by atoms with van der Waals surface area (Å²) >= 11 is 6.09. The van der Waals surface area contributed by atoms with E-state index < -0.39 is 0 Å². The van der Waals surface area contributed by atoms with Gasteiger partial charge in [-0.05, 0) is 19.1 Å². The molecule has 1 aromatic heterocycles. The average Bonchev–Trinajstić information content (AvgIpc) is 2.36. The van der Waals surface area contributed by atoms with Crippen LogP contribution in [0.3, 0.4) is 0 Å². The molecule has 1 atom stereocenters. The van der Waals surface area contributed by atoms with E-state index in [0.717, 1.165) is 16.5 Å². The lowest BCUT2D eigenvalue weighted by atomic mass is 10.1. The van der Waals surface area contributed by atoms with Gasteiger partial charge in [-0.25, -0.2) is 4.98 Å². The number of hydrogen-bond acceptors (Lipinski definition) is 4. The van der Waals surface area contributed by atoms with Crippen LogP contribution in [0.15, 0.2) is 18.2 Å². The molecule has 0 aliphatic heterocycles. The van der Waals surface area contributed by atoms with Gasteiger partial charge in [-0.15, -0.1) is 12.4 Å². The molecule has 0 spiro atoms. The molecule has 0 aliphatic rings. The van der Waals surface area contributed by atoms with Crippen LogP contribution in [0, 0.1) is 0 Å². The zero-order valence-electron chi connectivity index (χ0n) is 10.9. The summed E-state index contributed by atoms with van der Waals surface area (Å²) in [7, 11) is 3.15. The Hall–Kier alpha value is -1.23. The van der Waals surface area contributed by atoms with E-state index in [2.05, 4.69) is 4.98 Å². The summed E-state index contributed by atoms with van der Waals surface area (Å²) in [5.41, 5.74) is 7.51. The highest BCUT2D eigenvalue weighted by Gasteiger charge is 2.13. The van der Waals surface area contributed by atoms with Gasteiger partial charge in [-0.2, -0.15) is 0 Å². The molecule has 104 valence electrons. The van der Waals surface area contributed by atoms with E-state index >= 15 is 0 Å². The number of nitrogens with two attached hydrogens (primary N) is 1. The molecule has 2 aromatic rings. The van der Waals surface area contributed by atoms with E-state index in [0.29, 0.717) is 16.7 Å². The van der Waals surface area contributed by atoms with Crippen molar-refractivity contribution in [1.29, 1.82) is 0 Å². The van der Waals surface area contributed by atoms with Crippen LogP contribution in [0.5, 0.6) is 11.6 Å². The fraction of sp³-hybridized carbons (Fsp3) is 0.308. The van der Waals surface area contributed by atoms with Crippen LogP contribution in [0.2, 0.25) is 5.02 Å². The predicted octanol–water partition coefficient (Wildman–Crippen LogP) is 3.35. The highest BCUT2D eigenvalue weighted by molar-refractivity contribution is 6.32. The van der Waals surface area contributed by atoms with Crippen molar-refractivity contribution in [2.24, 2.45) is 5.73 Å². The molecule has 0 saturated heterocycles. The number of methoxy groups -OCH3 is 2. The highest BCUT2D eigenvalue weighted by Crippen LogP contribution is 2.32. The van der Waals surface area contributed by atoms with Crippen molar-refractivity contribution < 1.29 is 9.47 Å². The minimum absolute atomic E-state index is 0. The largest absolute Gasteiger partial charge is 0.495 e. The first-order chi connectivity index (χ1) is 8.56. The first-order valence-electron chi connectivity index (χ1n) is 5.54. The third-order valence-corrected chi connectivity index (χ3v) is 3.06. The molecule has 0 aliphatic carbocycles. The summed E-state index contributed by atoms with van der Waals surface area (Å²) in [6, 6.07) is 5.38. The monoisotopic (exact) mass is 302 g/mol. The minimum Gasteiger partial charge on any atom is -0.495 e. The number of hydrogen-bond donors (Lipinski definition) is 1. The summed E-state index contributed by atoms with van der Waals surface area (Å²) in [4.78, 5) is 4.42. The standard InChI is InChI=1S/C13H15ClN2O2.ClH/c1-7(15)9-4-8-5-10(14)12(17-2)6-11(8)16-13(9)18-3;/h4-7H,15H2,1-3H3;1H/t7-;/m1./s1. The van der Waals surface area contributed by atoms with Crippen molar-refractivity contribution in [3.63, 3.8) is 0 Å². The van der Waals surface area contributed by atoms with Crippen molar-refractivity contribution in [2.45, 2.75) is 13.0 Å². The van der Waals surface area contributed by atoms with E-state index in [-0.39, 0.29) is 18.4 Å². The van der Waals surface area contributed by atoms with Crippen LogP contribution in [0.25, 0.3) is 10.9 Å². The zero-order chi connectivity index (χ0) is 13.3. The molecule has 1 heterocycles. The van der Waals surface area contributed by atoms with E-state index in [1.165, 1.54) is 0 Å². The SMILES string of the molecule is COc1cc2nc(OC)c([C@@H](C)N)cc2cc1Cl.Cl. The number of benzene rings is 1. The zero-order valence-corrected chi connectivity index (χ0v) is 12.5. The normalized spacial score (nSPS) is 11.8. The van der Waals surface area contributed by atoms with Crippen molar-refractivity contribution in [1.82, 2.24) is 4.98 Å². The lowest BCUT2D eigenvalue weighted by Crippen LogP contribution is -2.08. The van der Waals surface area contributed by atoms with Gasteiger partial charge in [0.05, 0.1) is 24.8 Å². The second-order valence-electron chi connectivity index (χ2n) is 4.06. The molecular weight excluding hydrogens is 287 g/mol. The third-order valence-electron chi connectivity index (χ3n) is 2.76. The Balaban J connectivity index is 0.00000180. The molecule has 19 heavy (non-hydrogen) atoms. The summed E-state index contributed by atoms with van der Waals surface area (Å²) in [5, 5.41) is 1.46. The minimum atomic E-state index is -0.155. The van der Waals surface area contributed by atoms with E-state index in [4.69, 9.17) is 26.8 Å². The maximum absolute atomic E-state index is 6.09. The molecule has 2 rings (SSSR count).